The molecule has 0 aliphatic rings. The molecule has 0 amide bonds. The lowest BCUT2D eigenvalue weighted by Crippen LogP contribution is -1.96. The standard InChI is InChI=1S/C14H9F2NO/c15-12-3-1-2-10(6-12)9-18-13-5-4-11(8-17)14(16)7-13/h1-7H,9H2. The highest BCUT2D eigenvalue weighted by Crippen LogP contribution is 2.17. The molecular formula is C14H9F2NO. The Hall–Kier alpha value is -2.41. The molecule has 18 heavy (non-hydrogen) atoms. The summed E-state index contributed by atoms with van der Waals surface area (Å²) in [4.78, 5) is 0. The second-order valence-corrected chi connectivity index (χ2v) is 3.67. The van der Waals surface area contributed by atoms with Gasteiger partial charge in [-0.05, 0) is 29.8 Å². The molecule has 0 aliphatic heterocycles. The summed E-state index contributed by atoms with van der Waals surface area (Å²) in [7, 11) is 0. The molecule has 2 nitrogen and oxygen atoms in total. The van der Waals surface area contributed by atoms with Gasteiger partial charge >= 0.3 is 0 Å². The first-order valence-corrected chi connectivity index (χ1v) is 5.26. The van der Waals surface area contributed by atoms with E-state index in [2.05, 4.69) is 0 Å². The highest BCUT2D eigenvalue weighted by Gasteiger charge is 2.04. The van der Waals surface area contributed by atoms with Gasteiger partial charge in [-0.1, -0.05) is 12.1 Å². The van der Waals surface area contributed by atoms with Crippen LogP contribution in [-0.2, 0) is 6.61 Å². The van der Waals surface area contributed by atoms with Crippen LogP contribution in [-0.4, -0.2) is 0 Å². The van der Waals surface area contributed by atoms with Crippen LogP contribution in [0.5, 0.6) is 5.75 Å². The first-order valence-electron chi connectivity index (χ1n) is 5.26. The third-order valence-electron chi connectivity index (χ3n) is 2.36. The molecule has 0 aromatic heterocycles. The zero-order valence-corrected chi connectivity index (χ0v) is 9.36. The summed E-state index contributed by atoms with van der Waals surface area (Å²) in [6.45, 7) is 0.142. The third-order valence-corrected chi connectivity index (χ3v) is 2.36. The molecule has 0 fully saturated rings. The van der Waals surface area contributed by atoms with Crippen LogP contribution in [0.4, 0.5) is 8.78 Å². The average Bonchev–Trinajstić information content (AvgIpc) is 2.37. The number of nitrogens with zero attached hydrogens (tertiary/aromatic N) is 1. The molecular weight excluding hydrogens is 236 g/mol. The van der Waals surface area contributed by atoms with Gasteiger partial charge in [0.25, 0.3) is 0 Å². The van der Waals surface area contributed by atoms with E-state index in [0.29, 0.717) is 11.3 Å². The molecule has 4 heteroatoms. The molecule has 2 rings (SSSR count). The predicted molar refractivity (Wildman–Crippen MR) is 61.8 cm³/mol. The number of benzene rings is 2. The fourth-order valence-corrected chi connectivity index (χ4v) is 1.47. The summed E-state index contributed by atoms with van der Waals surface area (Å²) in [5.74, 6) is -0.674. The maximum Gasteiger partial charge on any atom is 0.144 e. The molecule has 90 valence electrons. The Labute approximate surface area is 103 Å². The Bertz CT molecular complexity index is 605. The zero-order chi connectivity index (χ0) is 13.0. The van der Waals surface area contributed by atoms with E-state index in [4.69, 9.17) is 10.00 Å². The van der Waals surface area contributed by atoms with Crippen molar-refractivity contribution in [2.24, 2.45) is 0 Å². The summed E-state index contributed by atoms with van der Waals surface area (Å²) >= 11 is 0. The summed E-state index contributed by atoms with van der Waals surface area (Å²) in [5, 5.41) is 8.58. The van der Waals surface area contributed by atoms with Gasteiger partial charge in [0.05, 0.1) is 5.56 Å². The van der Waals surface area contributed by atoms with E-state index in [9.17, 15) is 8.78 Å². The first-order chi connectivity index (χ1) is 8.69. The van der Waals surface area contributed by atoms with Gasteiger partial charge in [-0.3, -0.25) is 0 Å². The van der Waals surface area contributed by atoms with Gasteiger partial charge in [-0.2, -0.15) is 5.26 Å². The van der Waals surface area contributed by atoms with Crippen LogP contribution in [0, 0.1) is 23.0 Å². The average molecular weight is 245 g/mol. The van der Waals surface area contributed by atoms with Crippen LogP contribution in [0.25, 0.3) is 0 Å². The van der Waals surface area contributed by atoms with Crippen molar-refractivity contribution in [2.45, 2.75) is 6.61 Å². The molecule has 0 saturated carbocycles. The lowest BCUT2D eigenvalue weighted by molar-refractivity contribution is 0.304. The minimum Gasteiger partial charge on any atom is -0.489 e. The van der Waals surface area contributed by atoms with E-state index < -0.39 is 5.82 Å². The SMILES string of the molecule is N#Cc1ccc(OCc2cccc(F)c2)cc1F. The number of ether oxygens (including phenoxy) is 1. The van der Waals surface area contributed by atoms with E-state index in [-0.39, 0.29) is 18.0 Å². The van der Waals surface area contributed by atoms with E-state index in [0.717, 1.165) is 6.07 Å². The largest absolute Gasteiger partial charge is 0.489 e. The van der Waals surface area contributed by atoms with Gasteiger partial charge in [0.2, 0.25) is 0 Å². The Morgan fingerprint density at radius 3 is 2.61 bits per heavy atom. The predicted octanol–water partition coefficient (Wildman–Crippen LogP) is 3.42. The van der Waals surface area contributed by atoms with Crippen molar-refractivity contribution in [2.75, 3.05) is 0 Å². The molecule has 0 N–H and O–H groups in total. The number of nitriles is 1. The molecule has 0 heterocycles. The maximum absolute atomic E-state index is 13.3. The molecule has 0 saturated heterocycles. The smallest absolute Gasteiger partial charge is 0.144 e. The molecule has 0 aliphatic carbocycles. The van der Waals surface area contributed by atoms with Crippen molar-refractivity contribution in [3.63, 3.8) is 0 Å². The van der Waals surface area contributed by atoms with Gasteiger partial charge in [-0.25, -0.2) is 8.78 Å². The number of rotatable bonds is 3. The lowest BCUT2D eigenvalue weighted by Gasteiger charge is -2.06. The Morgan fingerprint density at radius 1 is 1.11 bits per heavy atom. The molecule has 0 bridgehead atoms. The lowest BCUT2D eigenvalue weighted by atomic mass is 10.2. The highest BCUT2D eigenvalue weighted by molar-refractivity contribution is 5.36. The Morgan fingerprint density at radius 2 is 1.94 bits per heavy atom. The van der Waals surface area contributed by atoms with Crippen LogP contribution >= 0.6 is 0 Å². The van der Waals surface area contributed by atoms with Crippen LogP contribution in [0.1, 0.15) is 11.1 Å². The minimum absolute atomic E-state index is 0.0342. The van der Waals surface area contributed by atoms with Crippen molar-refractivity contribution in [1.82, 2.24) is 0 Å². The summed E-state index contributed by atoms with van der Waals surface area (Å²) in [6.07, 6.45) is 0. The summed E-state index contributed by atoms with van der Waals surface area (Å²) in [6, 6.07) is 11.7. The number of hydrogen-bond donors (Lipinski definition) is 0. The molecule has 0 atom stereocenters. The monoisotopic (exact) mass is 245 g/mol. The van der Waals surface area contributed by atoms with Crippen molar-refractivity contribution in [3.8, 4) is 11.8 Å². The quantitative estimate of drug-likeness (QED) is 0.830. The van der Waals surface area contributed by atoms with Crippen molar-refractivity contribution in [3.05, 3.63) is 65.2 Å². The van der Waals surface area contributed by atoms with Crippen LogP contribution in [0.15, 0.2) is 42.5 Å². The van der Waals surface area contributed by atoms with Crippen molar-refractivity contribution < 1.29 is 13.5 Å². The fraction of sp³-hybridized carbons (Fsp3) is 0.0714. The third kappa shape index (κ3) is 2.83. The fourth-order valence-electron chi connectivity index (χ4n) is 1.47. The summed E-state index contributed by atoms with van der Waals surface area (Å²) < 4.78 is 31.5. The topological polar surface area (TPSA) is 33.0 Å². The molecule has 2 aromatic carbocycles. The van der Waals surface area contributed by atoms with Gasteiger partial charge in [0.15, 0.2) is 0 Å². The van der Waals surface area contributed by atoms with E-state index in [1.54, 1.807) is 18.2 Å². The van der Waals surface area contributed by atoms with E-state index in [1.165, 1.54) is 24.3 Å². The van der Waals surface area contributed by atoms with Crippen molar-refractivity contribution >= 4 is 0 Å². The number of halogens is 2. The molecule has 0 radical (unpaired) electrons. The highest BCUT2D eigenvalue weighted by atomic mass is 19.1. The minimum atomic E-state index is -0.630. The van der Waals surface area contributed by atoms with Crippen LogP contribution in [0.3, 0.4) is 0 Å². The summed E-state index contributed by atoms with van der Waals surface area (Å²) in [5.41, 5.74) is 0.618. The van der Waals surface area contributed by atoms with Crippen molar-refractivity contribution in [1.29, 1.82) is 5.26 Å². The zero-order valence-electron chi connectivity index (χ0n) is 9.36. The Balaban J connectivity index is 2.07. The molecule has 2 aromatic rings. The first kappa shape index (κ1) is 12.1. The second kappa shape index (κ2) is 5.28. The number of hydrogen-bond acceptors (Lipinski definition) is 2. The van der Waals surface area contributed by atoms with Gasteiger partial charge < -0.3 is 4.74 Å². The van der Waals surface area contributed by atoms with Crippen LogP contribution < -0.4 is 4.74 Å². The van der Waals surface area contributed by atoms with E-state index in [1.807, 2.05) is 0 Å². The molecule has 0 spiro atoms. The normalized spacial score (nSPS) is 9.83. The van der Waals surface area contributed by atoms with Gasteiger partial charge in [0, 0.05) is 6.07 Å². The van der Waals surface area contributed by atoms with Crippen LogP contribution in [0.2, 0.25) is 0 Å². The van der Waals surface area contributed by atoms with Gasteiger partial charge in [-0.15, -0.1) is 0 Å². The second-order valence-electron chi connectivity index (χ2n) is 3.67. The maximum atomic E-state index is 13.3. The molecule has 0 unspecified atom stereocenters. The van der Waals surface area contributed by atoms with E-state index >= 15 is 0 Å². The Kier molecular flexibility index (Phi) is 3.54. The van der Waals surface area contributed by atoms with Gasteiger partial charge in [0.1, 0.15) is 30.1 Å².